The van der Waals surface area contributed by atoms with Gasteiger partial charge in [0, 0.05) is 51.0 Å². The summed E-state index contributed by atoms with van der Waals surface area (Å²) in [6.07, 6.45) is 0. The van der Waals surface area contributed by atoms with Gasteiger partial charge in [0.05, 0.1) is 19.0 Å². The van der Waals surface area contributed by atoms with Crippen molar-refractivity contribution in [2.75, 3.05) is 64.4 Å². The number of furan rings is 1. The highest BCUT2D eigenvalue weighted by Crippen LogP contribution is 2.26. The number of carbonyl (C=O) groups excluding carboxylic acids is 1. The summed E-state index contributed by atoms with van der Waals surface area (Å²) in [5.41, 5.74) is 3.91. The number of aromatic nitrogens is 2. The third kappa shape index (κ3) is 6.00. The summed E-state index contributed by atoms with van der Waals surface area (Å²) in [5.74, 6) is 2.67. The predicted molar refractivity (Wildman–Crippen MR) is 124 cm³/mol. The number of nitrogens with zero attached hydrogens (tertiary/aromatic N) is 5. The van der Waals surface area contributed by atoms with Gasteiger partial charge in [-0.25, -0.2) is 15.0 Å². The summed E-state index contributed by atoms with van der Waals surface area (Å²) in [4.78, 5) is 26.7. The lowest BCUT2D eigenvalue weighted by Gasteiger charge is -2.33. The van der Waals surface area contributed by atoms with E-state index < -0.39 is 0 Å². The second-order valence-electron chi connectivity index (χ2n) is 8.47. The molecule has 0 unspecified atom stereocenters. The molecule has 9 nitrogen and oxygen atoms in total. The molecule has 2 aliphatic heterocycles. The van der Waals surface area contributed by atoms with Gasteiger partial charge in [0.2, 0.25) is 0 Å². The largest absolute Gasteiger partial charge is 0.455 e. The molecule has 1 N–H and O–H groups in total. The molecular formula is C22H32N6O3S. The quantitative estimate of drug-likeness (QED) is 0.494. The molecule has 10 heteroatoms. The van der Waals surface area contributed by atoms with E-state index in [1.54, 1.807) is 6.07 Å². The lowest BCUT2D eigenvalue weighted by molar-refractivity contribution is 0.0117. The van der Waals surface area contributed by atoms with Crippen LogP contribution >= 0.6 is 11.8 Å². The van der Waals surface area contributed by atoms with E-state index in [1.807, 2.05) is 11.1 Å². The zero-order valence-electron chi connectivity index (χ0n) is 19.0. The van der Waals surface area contributed by atoms with Crippen molar-refractivity contribution in [3.8, 4) is 0 Å². The smallest absolute Gasteiger partial charge is 0.301 e. The number of thioether (sulfide) groups is 1. The summed E-state index contributed by atoms with van der Waals surface area (Å²) >= 11 is 1.53. The number of hydrogen-bond donors (Lipinski definition) is 1. The van der Waals surface area contributed by atoms with Gasteiger partial charge in [0.25, 0.3) is 0 Å². The molecule has 0 atom stereocenters. The van der Waals surface area contributed by atoms with Crippen molar-refractivity contribution in [1.29, 1.82) is 0 Å². The number of ether oxygens (including phenoxy) is 1. The predicted octanol–water partition coefficient (Wildman–Crippen LogP) is 2.21. The molecular weight excluding hydrogens is 428 g/mol. The van der Waals surface area contributed by atoms with E-state index in [2.05, 4.69) is 42.2 Å². The van der Waals surface area contributed by atoms with Crippen LogP contribution in [0, 0.1) is 0 Å². The zero-order chi connectivity index (χ0) is 22.5. The summed E-state index contributed by atoms with van der Waals surface area (Å²) in [5, 5.41) is 2.59. The fourth-order valence-electron chi connectivity index (χ4n) is 3.58. The highest BCUT2D eigenvalue weighted by Gasteiger charge is 2.20. The van der Waals surface area contributed by atoms with Crippen molar-refractivity contribution < 1.29 is 13.9 Å². The van der Waals surface area contributed by atoms with Crippen LogP contribution < -0.4 is 10.3 Å². The fourth-order valence-corrected chi connectivity index (χ4v) is 4.33. The first-order chi connectivity index (χ1) is 15.5. The second-order valence-corrected chi connectivity index (χ2v) is 9.42. The van der Waals surface area contributed by atoms with Crippen LogP contribution in [0.5, 0.6) is 0 Å². The average Bonchev–Trinajstić information content (AvgIpc) is 3.28. The summed E-state index contributed by atoms with van der Waals surface area (Å²) in [6, 6.07) is 5.67. The second kappa shape index (κ2) is 10.7. The number of anilines is 1. The van der Waals surface area contributed by atoms with Gasteiger partial charge in [-0.05, 0) is 25.1 Å². The normalized spacial score (nSPS) is 18.3. The van der Waals surface area contributed by atoms with Crippen LogP contribution in [0.4, 0.5) is 5.82 Å². The molecule has 1 amide bonds. The first-order valence-electron chi connectivity index (χ1n) is 11.2. The minimum absolute atomic E-state index is 0.237. The Morgan fingerprint density at radius 1 is 1.12 bits per heavy atom. The van der Waals surface area contributed by atoms with Crippen molar-refractivity contribution in [1.82, 2.24) is 25.3 Å². The molecule has 0 radical (unpaired) electrons. The molecule has 0 saturated carbocycles. The molecule has 0 bridgehead atoms. The van der Waals surface area contributed by atoms with Crippen molar-refractivity contribution in [3.05, 3.63) is 35.4 Å². The van der Waals surface area contributed by atoms with E-state index in [9.17, 15) is 4.79 Å². The van der Waals surface area contributed by atoms with E-state index in [-0.39, 0.29) is 5.91 Å². The number of nitrogens with one attached hydrogen (secondary N) is 1. The first-order valence-corrected chi connectivity index (χ1v) is 12.1. The Bertz CT molecular complexity index is 907. The SMILES string of the molecule is CC(C)c1cc(N2CCN(C)CC2)nc(SCc2ccc(C(=O)NN3CCOCC3)o2)n1. The van der Waals surface area contributed by atoms with Crippen LogP contribution in [0.3, 0.4) is 0 Å². The average molecular weight is 461 g/mol. The Hall–Kier alpha value is -2.14. The van der Waals surface area contributed by atoms with Gasteiger partial charge < -0.3 is 19.0 Å². The van der Waals surface area contributed by atoms with Crippen LogP contribution in [0.15, 0.2) is 27.8 Å². The van der Waals surface area contributed by atoms with Crippen LogP contribution in [0.2, 0.25) is 0 Å². The molecule has 4 rings (SSSR count). The number of morpholine rings is 1. The lowest BCUT2D eigenvalue weighted by Crippen LogP contribution is -2.48. The van der Waals surface area contributed by atoms with Crippen LogP contribution in [-0.2, 0) is 10.5 Å². The molecule has 0 aromatic carbocycles. The Kier molecular flexibility index (Phi) is 7.67. The topological polar surface area (TPSA) is 87.0 Å². The zero-order valence-corrected chi connectivity index (χ0v) is 19.9. The van der Waals surface area contributed by atoms with Crippen molar-refractivity contribution in [2.45, 2.75) is 30.7 Å². The number of piperazine rings is 1. The Morgan fingerprint density at radius 2 is 1.88 bits per heavy atom. The van der Waals surface area contributed by atoms with Crippen LogP contribution in [-0.4, -0.2) is 85.3 Å². The molecule has 0 spiro atoms. The van der Waals surface area contributed by atoms with Gasteiger partial charge in [0.15, 0.2) is 10.9 Å². The van der Waals surface area contributed by atoms with Crippen molar-refractivity contribution in [2.24, 2.45) is 0 Å². The monoisotopic (exact) mass is 460 g/mol. The summed E-state index contributed by atoms with van der Waals surface area (Å²) in [6.45, 7) is 10.9. The molecule has 2 aliphatic rings. The Morgan fingerprint density at radius 3 is 2.59 bits per heavy atom. The molecule has 0 aliphatic carbocycles. The maximum absolute atomic E-state index is 12.4. The van der Waals surface area contributed by atoms with Gasteiger partial charge >= 0.3 is 5.91 Å². The molecule has 4 heterocycles. The van der Waals surface area contributed by atoms with Gasteiger partial charge in [0.1, 0.15) is 11.6 Å². The molecule has 2 aromatic heterocycles. The standard InChI is InChI=1S/C22H32N6O3S/c1-16(2)18-14-20(27-8-6-26(3)7-9-27)24-22(23-18)32-15-17-4-5-19(31-17)21(29)25-28-10-12-30-13-11-28/h4-5,14,16H,6-13,15H2,1-3H3,(H,25,29). The van der Waals surface area contributed by atoms with Gasteiger partial charge in [-0.2, -0.15) is 0 Å². The van der Waals surface area contributed by atoms with Gasteiger partial charge in [-0.1, -0.05) is 25.6 Å². The number of amides is 1. The number of carbonyl (C=O) groups is 1. The number of likely N-dealkylation sites (N-methyl/N-ethyl adjacent to an activating group) is 1. The van der Waals surface area contributed by atoms with E-state index >= 15 is 0 Å². The molecule has 32 heavy (non-hydrogen) atoms. The van der Waals surface area contributed by atoms with Crippen LogP contribution in [0.1, 0.15) is 41.8 Å². The van der Waals surface area contributed by atoms with Gasteiger partial charge in [-0.15, -0.1) is 0 Å². The van der Waals surface area contributed by atoms with Crippen molar-refractivity contribution in [3.63, 3.8) is 0 Å². The molecule has 2 fully saturated rings. The lowest BCUT2D eigenvalue weighted by atomic mass is 10.1. The van der Waals surface area contributed by atoms with Crippen LogP contribution in [0.25, 0.3) is 0 Å². The third-order valence-corrected chi connectivity index (χ3v) is 6.50. The maximum atomic E-state index is 12.4. The van der Waals surface area contributed by atoms with E-state index in [1.165, 1.54) is 11.8 Å². The Labute approximate surface area is 193 Å². The first kappa shape index (κ1) is 23.0. The Balaban J connectivity index is 1.39. The minimum atomic E-state index is -0.237. The summed E-state index contributed by atoms with van der Waals surface area (Å²) in [7, 11) is 2.15. The van der Waals surface area contributed by atoms with Crippen molar-refractivity contribution >= 4 is 23.5 Å². The molecule has 174 valence electrons. The molecule has 2 aromatic rings. The highest BCUT2D eigenvalue weighted by atomic mass is 32.2. The number of hydrogen-bond acceptors (Lipinski definition) is 9. The van der Waals surface area contributed by atoms with E-state index in [0.717, 1.165) is 48.6 Å². The van der Waals surface area contributed by atoms with E-state index in [4.69, 9.17) is 19.1 Å². The maximum Gasteiger partial charge on any atom is 0.301 e. The number of rotatable bonds is 7. The van der Waals surface area contributed by atoms with E-state index in [0.29, 0.717) is 43.7 Å². The highest BCUT2D eigenvalue weighted by molar-refractivity contribution is 7.98. The minimum Gasteiger partial charge on any atom is -0.455 e. The fraction of sp³-hybridized carbons (Fsp3) is 0.591. The summed E-state index contributed by atoms with van der Waals surface area (Å²) < 4.78 is 11.1. The number of hydrazine groups is 1. The molecule has 2 saturated heterocycles. The third-order valence-electron chi connectivity index (χ3n) is 5.63. The van der Waals surface area contributed by atoms with Gasteiger partial charge in [-0.3, -0.25) is 10.2 Å².